The predicted molar refractivity (Wildman–Crippen MR) is 70.6 cm³/mol. The Bertz CT molecular complexity index is 493. The highest BCUT2D eigenvalue weighted by Crippen LogP contribution is 2.30. The van der Waals surface area contributed by atoms with Crippen LogP contribution >= 0.6 is 0 Å². The van der Waals surface area contributed by atoms with Gasteiger partial charge in [-0.25, -0.2) is 8.78 Å². The highest BCUT2D eigenvalue weighted by molar-refractivity contribution is 5.65. The number of carbonyl (C=O) groups excluding carboxylic acids is 2. The van der Waals surface area contributed by atoms with E-state index in [1.165, 1.54) is 12.1 Å². The molecular weight excluding hydrogens is 266 g/mol. The number of anilines is 1. The van der Waals surface area contributed by atoms with E-state index in [4.69, 9.17) is 5.73 Å². The molecular formula is C14H16F2N2O2. The summed E-state index contributed by atoms with van der Waals surface area (Å²) in [5, 5.41) is 0. The lowest BCUT2D eigenvalue weighted by molar-refractivity contribution is -0.110. The fourth-order valence-corrected chi connectivity index (χ4v) is 2.36. The van der Waals surface area contributed by atoms with Gasteiger partial charge >= 0.3 is 0 Å². The molecule has 2 N–H and O–H groups in total. The molecule has 1 heterocycles. The normalized spacial score (nSPS) is 16.6. The maximum Gasteiger partial charge on any atom is 0.132 e. The number of nitrogens with zero attached hydrogens (tertiary/aromatic N) is 1. The maximum atomic E-state index is 14.0. The lowest BCUT2D eigenvalue weighted by atomic mass is 9.94. The van der Waals surface area contributed by atoms with Gasteiger partial charge < -0.3 is 20.2 Å². The minimum Gasteiger partial charge on any atom is -0.368 e. The molecule has 0 aromatic heterocycles. The minimum atomic E-state index is -0.937. The molecule has 6 heteroatoms. The highest BCUT2D eigenvalue weighted by Gasteiger charge is 2.27. The van der Waals surface area contributed by atoms with Gasteiger partial charge in [-0.3, -0.25) is 0 Å². The van der Waals surface area contributed by atoms with Crippen LogP contribution in [0.2, 0.25) is 0 Å². The summed E-state index contributed by atoms with van der Waals surface area (Å²) in [4.78, 5) is 23.1. The van der Waals surface area contributed by atoms with E-state index in [0.717, 1.165) is 0 Å². The van der Waals surface area contributed by atoms with Crippen LogP contribution < -0.4 is 10.6 Å². The zero-order chi connectivity index (χ0) is 14.7. The largest absolute Gasteiger partial charge is 0.368 e. The lowest BCUT2D eigenvalue weighted by Crippen LogP contribution is -2.55. The molecule has 108 valence electrons. The Kier molecular flexibility index (Phi) is 4.44. The fourth-order valence-electron chi connectivity index (χ4n) is 2.36. The highest BCUT2D eigenvalue weighted by atomic mass is 19.1. The maximum absolute atomic E-state index is 14.0. The first-order valence-electron chi connectivity index (χ1n) is 6.45. The molecule has 0 radical (unpaired) electrons. The molecule has 1 atom stereocenters. The van der Waals surface area contributed by atoms with Gasteiger partial charge in [0.25, 0.3) is 0 Å². The van der Waals surface area contributed by atoms with E-state index in [0.29, 0.717) is 31.3 Å². The van der Waals surface area contributed by atoms with E-state index in [-0.39, 0.29) is 24.4 Å². The van der Waals surface area contributed by atoms with Gasteiger partial charge in [0.15, 0.2) is 0 Å². The topological polar surface area (TPSA) is 63.4 Å². The molecule has 0 bridgehead atoms. The Morgan fingerprint density at radius 1 is 1.30 bits per heavy atom. The second-order valence-electron chi connectivity index (χ2n) is 4.97. The third kappa shape index (κ3) is 2.85. The van der Waals surface area contributed by atoms with E-state index in [9.17, 15) is 18.4 Å². The van der Waals surface area contributed by atoms with Gasteiger partial charge in [0.05, 0.1) is 0 Å². The van der Waals surface area contributed by atoms with Crippen molar-refractivity contribution in [2.75, 3.05) is 18.0 Å². The number of hydrogen-bond acceptors (Lipinski definition) is 4. The first-order valence-corrected chi connectivity index (χ1v) is 6.45. The number of aldehydes is 2. The number of nitrogens with two attached hydrogens (primary N) is 1. The summed E-state index contributed by atoms with van der Waals surface area (Å²) in [6.07, 6.45) is 1.30. The third-order valence-corrected chi connectivity index (χ3v) is 3.47. The number of halogens is 2. The van der Waals surface area contributed by atoms with Crippen molar-refractivity contribution >= 4 is 18.3 Å². The molecule has 1 aromatic carbocycles. The van der Waals surface area contributed by atoms with Crippen molar-refractivity contribution in [2.24, 2.45) is 5.73 Å². The van der Waals surface area contributed by atoms with Gasteiger partial charge in [-0.05, 0) is 18.6 Å². The van der Waals surface area contributed by atoms with E-state index >= 15 is 0 Å². The number of benzene rings is 1. The Morgan fingerprint density at radius 3 is 2.35 bits per heavy atom. The van der Waals surface area contributed by atoms with Crippen molar-refractivity contribution in [1.29, 1.82) is 0 Å². The molecule has 1 aliphatic heterocycles. The molecule has 0 aliphatic carbocycles. The molecule has 2 rings (SSSR count). The monoisotopic (exact) mass is 282 g/mol. The van der Waals surface area contributed by atoms with Crippen LogP contribution in [0.4, 0.5) is 14.5 Å². The van der Waals surface area contributed by atoms with Crippen molar-refractivity contribution < 1.29 is 18.4 Å². The molecule has 0 amide bonds. The third-order valence-electron chi connectivity index (χ3n) is 3.47. The number of hydrogen-bond donors (Lipinski definition) is 1. The molecule has 1 saturated heterocycles. The van der Waals surface area contributed by atoms with E-state index < -0.39 is 17.6 Å². The standard InChI is InChI=1S/C14H16F2N2O2/c15-12-4-11(18-6-10(17)7-18)5-13(16)14(12)9(8-20)2-1-3-19/h3-5,8-10H,1-2,6-7,17H2. The quantitative estimate of drug-likeness (QED) is 0.801. The van der Waals surface area contributed by atoms with Gasteiger partial charge in [-0.2, -0.15) is 0 Å². The van der Waals surface area contributed by atoms with Crippen molar-refractivity contribution in [3.05, 3.63) is 29.3 Å². The molecule has 0 spiro atoms. The Hall–Kier alpha value is -1.82. The summed E-state index contributed by atoms with van der Waals surface area (Å²) in [6, 6.07) is 2.44. The summed E-state index contributed by atoms with van der Waals surface area (Å²) in [5.74, 6) is -2.46. The number of carbonyl (C=O) groups is 2. The van der Waals surface area contributed by atoms with Gasteiger partial charge in [0, 0.05) is 42.7 Å². The van der Waals surface area contributed by atoms with Gasteiger partial charge in [0.1, 0.15) is 24.2 Å². The van der Waals surface area contributed by atoms with Crippen molar-refractivity contribution in [2.45, 2.75) is 24.8 Å². The Morgan fingerprint density at radius 2 is 1.90 bits per heavy atom. The second-order valence-corrected chi connectivity index (χ2v) is 4.97. The summed E-state index contributed by atoms with van der Waals surface area (Å²) in [6.45, 7) is 1.11. The van der Waals surface area contributed by atoms with Crippen LogP contribution in [0.15, 0.2) is 12.1 Å². The molecule has 1 aromatic rings. The first kappa shape index (κ1) is 14.6. The molecule has 20 heavy (non-hydrogen) atoms. The summed E-state index contributed by atoms with van der Waals surface area (Å²) in [7, 11) is 0. The zero-order valence-electron chi connectivity index (χ0n) is 10.9. The van der Waals surface area contributed by atoms with Gasteiger partial charge in [-0.1, -0.05) is 0 Å². The molecule has 1 unspecified atom stereocenters. The van der Waals surface area contributed by atoms with Crippen LogP contribution in [-0.4, -0.2) is 31.7 Å². The van der Waals surface area contributed by atoms with Crippen LogP contribution in [0.1, 0.15) is 24.3 Å². The van der Waals surface area contributed by atoms with E-state index in [2.05, 4.69) is 0 Å². The van der Waals surface area contributed by atoms with Crippen molar-refractivity contribution in [3.8, 4) is 0 Å². The van der Waals surface area contributed by atoms with Crippen LogP contribution in [0.25, 0.3) is 0 Å². The summed E-state index contributed by atoms with van der Waals surface area (Å²) >= 11 is 0. The average molecular weight is 282 g/mol. The molecule has 4 nitrogen and oxygen atoms in total. The van der Waals surface area contributed by atoms with Crippen LogP contribution in [-0.2, 0) is 9.59 Å². The smallest absolute Gasteiger partial charge is 0.132 e. The van der Waals surface area contributed by atoms with Crippen LogP contribution in [0, 0.1) is 11.6 Å². The second kappa shape index (κ2) is 6.09. The van der Waals surface area contributed by atoms with Gasteiger partial charge in [-0.15, -0.1) is 0 Å². The molecule has 1 fully saturated rings. The lowest BCUT2D eigenvalue weighted by Gasteiger charge is -2.39. The average Bonchev–Trinajstić information content (AvgIpc) is 2.37. The van der Waals surface area contributed by atoms with Crippen molar-refractivity contribution in [3.63, 3.8) is 0 Å². The van der Waals surface area contributed by atoms with Crippen molar-refractivity contribution in [1.82, 2.24) is 0 Å². The van der Waals surface area contributed by atoms with E-state index in [1.807, 2.05) is 0 Å². The predicted octanol–water partition coefficient (Wildman–Crippen LogP) is 1.37. The minimum absolute atomic E-state index is 0.0242. The SMILES string of the molecule is NC1CN(c2cc(F)c(C(C=O)CCC=O)c(F)c2)C1. The van der Waals surface area contributed by atoms with E-state index in [1.54, 1.807) is 4.90 Å². The molecule has 1 aliphatic rings. The fraction of sp³-hybridized carbons (Fsp3) is 0.429. The molecule has 0 saturated carbocycles. The first-order chi connectivity index (χ1) is 9.56. The van der Waals surface area contributed by atoms with Crippen LogP contribution in [0.3, 0.4) is 0 Å². The summed E-state index contributed by atoms with van der Waals surface area (Å²) in [5.41, 5.74) is 5.78. The summed E-state index contributed by atoms with van der Waals surface area (Å²) < 4.78 is 28.1. The Balaban J connectivity index is 2.25. The van der Waals surface area contributed by atoms with Gasteiger partial charge in [0.2, 0.25) is 0 Å². The van der Waals surface area contributed by atoms with Crippen LogP contribution in [0.5, 0.6) is 0 Å². The Labute approximate surface area is 115 Å². The zero-order valence-corrected chi connectivity index (χ0v) is 10.9. The number of rotatable bonds is 6.